The molecule has 0 spiro atoms. The Hall–Kier alpha value is -0.610. The van der Waals surface area contributed by atoms with Gasteiger partial charge in [-0.2, -0.15) is 17.6 Å². The van der Waals surface area contributed by atoms with Crippen molar-refractivity contribution >= 4 is 0 Å². The lowest BCUT2D eigenvalue weighted by atomic mass is 10.0. The molecule has 0 bridgehead atoms. The van der Waals surface area contributed by atoms with Crippen LogP contribution in [0.4, 0.5) is 22.0 Å². The smallest absolute Gasteiger partial charge is 0.244 e. The number of alkyl halides is 5. The first-order valence-corrected chi connectivity index (χ1v) is 3.63. The predicted octanol–water partition coefficient (Wildman–Crippen LogP) is 3.58. The molecule has 0 unspecified atom stereocenters. The van der Waals surface area contributed by atoms with Crippen LogP contribution in [0.25, 0.3) is 0 Å². The first-order chi connectivity index (χ1) is 5.66. The second kappa shape index (κ2) is 3.64. The molecule has 0 aliphatic rings. The third-order valence-electron chi connectivity index (χ3n) is 1.85. The SMILES string of the molecule is CC(C)=C(C)C(F)(F)C(F)(F)CF. The average molecular weight is 202 g/mol. The van der Waals surface area contributed by atoms with E-state index in [0.29, 0.717) is 0 Å². The molecule has 0 heterocycles. The molecule has 0 rings (SSSR count). The van der Waals surface area contributed by atoms with Gasteiger partial charge in [0.1, 0.15) is 0 Å². The fourth-order valence-electron chi connectivity index (χ4n) is 0.672. The monoisotopic (exact) mass is 202 g/mol. The van der Waals surface area contributed by atoms with Crippen LogP contribution in [0.3, 0.4) is 0 Å². The summed E-state index contributed by atoms with van der Waals surface area (Å²) >= 11 is 0. The highest BCUT2D eigenvalue weighted by atomic mass is 19.3. The van der Waals surface area contributed by atoms with Crippen LogP contribution in [0.15, 0.2) is 11.1 Å². The van der Waals surface area contributed by atoms with Crippen molar-refractivity contribution in [3.8, 4) is 0 Å². The van der Waals surface area contributed by atoms with Crippen molar-refractivity contribution in [3.05, 3.63) is 11.1 Å². The Morgan fingerprint density at radius 1 is 1.00 bits per heavy atom. The zero-order valence-electron chi connectivity index (χ0n) is 7.60. The second-order valence-electron chi connectivity index (χ2n) is 3.04. The first-order valence-electron chi connectivity index (χ1n) is 3.63. The molecule has 0 amide bonds. The van der Waals surface area contributed by atoms with Crippen molar-refractivity contribution in [1.82, 2.24) is 0 Å². The van der Waals surface area contributed by atoms with Gasteiger partial charge < -0.3 is 0 Å². The number of halogens is 5. The highest BCUT2D eigenvalue weighted by Crippen LogP contribution is 2.41. The molecular formula is C8H11F5. The highest BCUT2D eigenvalue weighted by molar-refractivity contribution is 5.19. The molecule has 0 nitrogen and oxygen atoms in total. The van der Waals surface area contributed by atoms with Gasteiger partial charge >= 0.3 is 11.8 Å². The van der Waals surface area contributed by atoms with E-state index in [0.717, 1.165) is 6.92 Å². The Labute approximate surface area is 73.4 Å². The van der Waals surface area contributed by atoms with Gasteiger partial charge in [-0.1, -0.05) is 5.57 Å². The minimum absolute atomic E-state index is 0.0677. The molecule has 0 aromatic rings. The van der Waals surface area contributed by atoms with Crippen LogP contribution >= 0.6 is 0 Å². The van der Waals surface area contributed by atoms with Crippen molar-refractivity contribution in [2.24, 2.45) is 0 Å². The van der Waals surface area contributed by atoms with Crippen LogP contribution in [-0.4, -0.2) is 18.5 Å². The molecule has 0 aromatic carbocycles. The van der Waals surface area contributed by atoms with E-state index in [1.807, 2.05) is 0 Å². The van der Waals surface area contributed by atoms with E-state index in [4.69, 9.17) is 0 Å². The van der Waals surface area contributed by atoms with Gasteiger partial charge in [-0.05, 0) is 20.8 Å². The maximum atomic E-state index is 12.8. The van der Waals surface area contributed by atoms with Crippen molar-refractivity contribution in [1.29, 1.82) is 0 Å². The van der Waals surface area contributed by atoms with Gasteiger partial charge in [0, 0.05) is 5.57 Å². The quantitative estimate of drug-likeness (QED) is 0.484. The van der Waals surface area contributed by atoms with E-state index in [-0.39, 0.29) is 5.57 Å². The van der Waals surface area contributed by atoms with Crippen LogP contribution in [-0.2, 0) is 0 Å². The highest BCUT2D eigenvalue weighted by Gasteiger charge is 2.57. The van der Waals surface area contributed by atoms with Crippen LogP contribution in [0.2, 0.25) is 0 Å². The molecule has 0 fully saturated rings. The molecule has 13 heavy (non-hydrogen) atoms. The van der Waals surface area contributed by atoms with E-state index in [1.54, 1.807) is 0 Å². The van der Waals surface area contributed by atoms with Crippen molar-refractivity contribution in [2.45, 2.75) is 32.6 Å². The number of hydrogen-bond donors (Lipinski definition) is 0. The Kier molecular flexibility index (Phi) is 3.47. The first kappa shape index (κ1) is 12.4. The van der Waals surface area contributed by atoms with Crippen molar-refractivity contribution < 1.29 is 22.0 Å². The maximum absolute atomic E-state index is 12.8. The fourth-order valence-corrected chi connectivity index (χ4v) is 0.672. The normalized spacial score (nSPS) is 12.9. The molecular weight excluding hydrogens is 191 g/mol. The van der Waals surface area contributed by atoms with Gasteiger partial charge in [0.05, 0.1) is 0 Å². The summed E-state index contributed by atoms with van der Waals surface area (Å²) in [5.41, 5.74) is -0.715. The van der Waals surface area contributed by atoms with Gasteiger partial charge in [0.2, 0.25) is 0 Å². The largest absolute Gasteiger partial charge is 0.341 e. The summed E-state index contributed by atoms with van der Waals surface area (Å²) in [5.74, 6) is -9.02. The third kappa shape index (κ3) is 2.19. The van der Waals surface area contributed by atoms with E-state index in [2.05, 4.69) is 0 Å². The molecule has 5 heteroatoms. The van der Waals surface area contributed by atoms with E-state index >= 15 is 0 Å². The fraction of sp³-hybridized carbons (Fsp3) is 0.750. The standard InChI is InChI=1S/C8H11F5/c1-5(2)6(3)8(12,13)7(10,11)4-9/h4H2,1-3H3. The summed E-state index contributed by atoms with van der Waals surface area (Å²) in [7, 11) is 0. The third-order valence-corrected chi connectivity index (χ3v) is 1.85. The molecule has 0 aromatic heterocycles. The lowest BCUT2D eigenvalue weighted by molar-refractivity contribution is -0.193. The van der Waals surface area contributed by atoms with Gasteiger partial charge in [0.25, 0.3) is 0 Å². The van der Waals surface area contributed by atoms with E-state index < -0.39 is 24.1 Å². The molecule has 0 N–H and O–H groups in total. The Balaban J connectivity index is 5.09. The summed E-state index contributed by atoms with van der Waals surface area (Å²) < 4.78 is 62.0. The van der Waals surface area contributed by atoms with Gasteiger partial charge in [-0.25, -0.2) is 4.39 Å². The zero-order chi connectivity index (χ0) is 10.9. The van der Waals surface area contributed by atoms with Crippen molar-refractivity contribution in [2.75, 3.05) is 6.67 Å². The molecule has 0 saturated carbocycles. The number of rotatable bonds is 3. The molecule has 0 saturated heterocycles. The van der Waals surface area contributed by atoms with Crippen LogP contribution in [0.5, 0.6) is 0 Å². The predicted molar refractivity (Wildman–Crippen MR) is 39.9 cm³/mol. The zero-order valence-corrected chi connectivity index (χ0v) is 7.60. The van der Waals surface area contributed by atoms with Gasteiger partial charge in [0.15, 0.2) is 6.67 Å². The second-order valence-corrected chi connectivity index (χ2v) is 3.04. The lowest BCUT2D eigenvalue weighted by Gasteiger charge is -2.25. The number of hydrogen-bond acceptors (Lipinski definition) is 0. The maximum Gasteiger partial charge on any atom is 0.341 e. The Morgan fingerprint density at radius 3 is 1.62 bits per heavy atom. The summed E-state index contributed by atoms with van der Waals surface area (Å²) in [5, 5.41) is 0. The van der Waals surface area contributed by atoms with E-state index in [1.165, 1.54) is 13.8 Å². The molecule has 0 aliphatic heterocycles. The van der Waals surface area contributed by atoms with Crippen LogP contribution in [0, 0.1) is 0 Å². The summed E-state index contributed by atoms with van der Waals surface area (Å²) in [6.07, 6.45) is 0. The van der Waals surface area contributed by atoms with Crippen LogP contribution < -0.4 is 0 Å². The molecule has 0 atom stereocenters. The molecule has 78 valence electrons. The van der Waals surface area contributed by atoms with Crippen molar-refractivity contribution in [3.63, 3.8) is 0 Å². The molecule has 0 radical (unpaired) electrons. The molecule has 0 aliphatic carbocycles. The summed E-state index contributed by atoms with van der Waals surface area (Å²) in [4.78, 5) is 0. The van der Waals surface area contributed by atoms with Gasteiger partial charge in [-0.15, -0.1) is 0 Å². The van der Waals surface area contributed by atoms with Crippen LogP contribution in [0.1, 0.15) is 20.8 Å². The lowest BCUT2D eigenvalue weighted by Crippen LogP contribution is -2.43. The van der Waals surface area contributed by atoms with Gasteiger partial charge in [-0.3, -0.25) is 0 Å². The number of allylic oxidation sites excluding steroid dienone is 2. The Morgan fingerprint density at radius 2 is 1.38 bits per heavy atom. The minimum Gasteiger partial charge on any atom is -0.244 e. The Bertz CT molecular complexity index is 213. The average Bonchev–Trinajstić information content (AvgIpc) is 2.02. The minimum atomic E-state index is -4.62. The summed E-state index contributed by atoms with van der Waals surface area (Å²) in [6.45, 7) is 1.07. The topological polar surface area (TPSA) is 0 Å². The summed E-state index contributed by atoms with van der Waals surface area (Å²) in [6, 6.07) is 0. The van der Waals surface area contributed by atoms with E-state index in [9.17, 15) is 22.0 Å².